The van der Waals surface area contributed by atoms with E-state index < -0.39 is 11.6 Å². The lowest BCUT2D eigenvalue weighted by Gasteiger charge is -2.13. The Kier molecular flexibility index (Phi) is 5.20. The molecule has 3 nitrogen and oxygen atoms in total. The van der Waals surface area contributed by atoms with Crippen LogP contribution in [-0.4, -0.2) is 27.3 Å². The van der Waals surface area contributed by atoms with Crippen LogP contribution in [0.25, 0.3) is 16.6 Å². The normalized spacial score (nSPS) is 11.1. The van der Waals surface area contributed by atoms with E-state index in [1.165, 1.54) is 22.4 Å². The largest absolute Gasteiger partial charge is 0.268 e. The third-order valence-corrected chi connectivity index (χ3v) is 5.23. The highest BCUT2D eigenvalue weighted by atomic mass is 32.2. The Morgan fingerprint density at radius 1 is 1.12 bits per heavy atom. The summed E-state index contributed by atoms with van der Waals surface area (Å²) in [6, 6.07) is 10.1. The van der Waals surface area contributed by atoms with Crippen molar-refractivity contribution in [3.8, 4) is 5.69 Å². The molecule has 7 heteroatoms. The summed E-state index contributed by atoms with van der Waals surface area (Å²) in [5.41, 5.74) is 0.206. The molecule has 0 spiro atoms. The number of nitrogens with zero attached hydrogens (tertiary/aromatic N) is 2. The molecule has 0 aliphatic heterocycles. The standard InChI is InChI=1S/C17H14F2N2OS2/c1-23-8-9-24-17-20-14-5-3-2-4-12(14)16(22)21(17)15-7-6-11(18)10-13(15)19/h2-7,10H,8-9H2,1H3. The van der Waals surface area contributed by atoms with E-state index in [0.29, 0.717) is 16.1 Å². The van der Waals surface area contributed by atoms with Gasteiger partial charge in [-0.1, -0.05) is 23.9 Å². The van der Waals surface area contributed by atoms with Crippen molar-refractivity contribution in [3.63, 3.8) is 0 Å². The van der Waals surface area contributed by atoms with Gasteiger partial charge in [0, 0.05) is 17.6 Å². The molecule has 0 saturated carbocycles. The zero-order valence-corrected chi connectivity index (χ0v) is 14.5. The van der Waals surface area contributed by atoms with Gasteiger partial charge in [0.05, 0.1) is 16.6 Å². The van der Waals surface area contributed by atoms with Crippen molar-refractivity contribution in [2.45, 2.75) is 5.16 Å². The Hall–Kier alpha value is -1.86. The summed E-state index contributed by atoms with van der Waals surface area (Å²) in [6.45, 7) is 0. The van der Waals surface area contributed by atoms with Crippen molar-refractivity contribution in [1.82, 2.24) is 9.55 Å². The molecule has 0 radical (unpaired) electrons. The molecule has 124 valence electrons. The quantitative estimate of drug-likeness (QED) is 0.388. The topological polar surface area (TPSA) is 34.9 Å². The second-order valence-electron chi connectivity index (χ2n) is 4.99. The second-order valence-corrected chi connectivity index (χ2v) is 7.04. The fourth-order valence-corrected chi connectivity index (χ4v) is 3.96. The van der Waals surface area contributed by atoms with Gasteiger partial charge in [0.15, 0.2) is 5.16 Å². The summed E-state index contributed by atoms with van der Waals surface area (Å²) in [5.74, 6) is 0.129. The van der Waals surface area contributed by atoms with Crippen molar-refractivity contribution in [1.29, 1.82) is 0 Å². The summed E-state index contributed by atoms with van der Waals surface area (Å²) in [5, 5.41) is 0.800. The van der Waals surface area contributed by atoms with E-state index in [0.717, 1.165) is 23.6 Å². The van der Waals surface area contributed by atoms with Gasteiger partial charge in [0.1, 0.15) is 11.6 Å². The molecule has 24 heavy (non-hydrogen) atoms. The number of thioether (sulfide) groups is 2. The number of hydrogen-bond donors (Lipinski definition) is 0. The highest BCUT2D eigenvalue weighted by Crippen LogP contribution is 2.23. The van der Waals surface area contributed by atoms with E-state index in [1.54, 1.807) is 36.0 Å². The van der Waals surface area contributed by atoms with E-state index in [9.17, 15) is 13.6 Å². The van der Waals surface area contributed by atoms with Crippen LogP contribution in [0.1, 0.15) is 0 Å². The molecule has 0 unspecified atom stereocenters. The van der Waals surface area contributed by atoms with Gasteiger partial charge in [-0.3, -0.25) is 9.36 Å². The molecule has 0 atom stereocenters. The molecule has 2 aromatic carbocycles. The van der Waals surface area contributed by atoms with Crippen molar-refractivity contribution < 1.29 is 8.78 Å². The second kappa shape index (κ2) is 7.36. The monoisotopic (exact) mass is 364 g/mol. The van der Waals surface area contributed by atoms with E-state index in [1.807, 2.05) is 6.26 Å². The van der Waals surface area contributed by atoms with Crippen molar-refractivity contribution in [3.05, 3.63) is 64.5 Å². The molecule has 1 heterocycles. The summed E-state index contributed by atoms with van der Waals surface area (Å²) in [7, 11) is 0. The van der Waals surface area contributed by atoms with Gasteiger partial charge < -0.3 is 0 Å². The van der Waals surface area contributed by atoms with E-state index >= 15 is 0 Å². The van der Waals surface area contributed by atoms with Crippen molar-refractivity contribution in [2.24, 2.45) is 0 Å². The fraction of sp³-hybridized carbons (Fsp3) is 0.176. The first-order chi connectivity index (χ1) is 11.6. The van der Waals surface area contributed by atoms with E-state index in [4.69, 9.17) is 0 Å². The number of rotatable bonds is 5. The van der Waals surface area contributed by atoms with Crippen LogP contribution in [0.2, 0.25) is 0 Å². The molecular weight excluding hydrogens is 350 g/mol. The SMILES string of the molecule is CSCCSc1nc2ccccc2c(=O)n1-c1ccc(F)cc1F. The molecule has 3 aromatic rings. The fourth-order valence-electron chi connectivity index (χ4n) is 2.30. The maximum absolute atomic E-state index is 14.2. The number of halogens is 2. The molecule has 0 saturated heterocycles. The lowest BCUT2D eigenvalue weighted by Crippen LogP contribution is -2.23. The molecule has 0 N–H and O–H groups in total. The minimum absolute atomic E-state index is 0.00584. The highest BCUT2D eigenvalue weighted by Gasteiger charge is 2.16. The minimum Gasteiger partial charge on any atom is -0.268 e. The Labute approximate surface area is 146 Å². The van der Waals surface area contributed by atoms with E-state index in [2.05, 4.69) is 4.98 Å². The summed E-state index contributed by atoms with van der Waals surface area (Å²) in [6.07, 6.45) is 1.99. The van der Waals surface area contributed by atoms with Crippen LogP contribution >= 0.6 is 23.5 Å². The average molecular weight is 364 g/mol. The van der Waals surface area contributed by atoms with Gasteiger partial charge in [-0.05, 0) is 30.5 Å². The molecule has 1 aromatic heterocycles. The van der Waals surface area contributed by atoms with E-state index in [-0.39, 0.29) is 11.2 Å². The predicted molar refractivity (Wildman–Crippen MR) is 96.4 cm³/mol. The van der Waals surface area contributed by atoms with Gasteiger partial charge in [0.2, 0.25) is 0 Å². The van der Waals surface area contributed by atoms with Crippen LogP contribution in [0.15, 0.2) is 52.4 Å². The maximum Gasteiger partial charge on any atom is 0.266 e. The van der Waals surface area contributed by atoms with Gasteiger partial charge >= 0.3 is 0 Å². The molecule has 0 aliphatic carbocycles. The molecular formula is C17H14F2N2OS2. The number of fused-ring (bicyclic) bond motifs is 1. The molecule has 0 bridgehead atoms. The van der Waals surface area contributed by atoms with Crippen LogP contribution in [0.3, 0.4) is 0 Å². The Morgan fingerprint density at radius 3 is 2.67 bits per heavy atom. The van der Waals surface area contributed by atoms with Crippen LogP contribution in [0.4, 0.5) is 8.78 Å². The summed E-state index contributed by atoms with van der Waals surface area (Å²) >= 11 is 3.05. The van der Waals surface area contributed by atoms with Gasteiger partial charge in [-0.25, -0.2) is 13.8 Å². The van der Waals surface area contributed by atoms with Crippen LogP contribution in [0, 0.1) is 11.6 Å². The first-order valence-corrected chi connectivity index (χ1v) is 9.58. The third-order valence-electron chi connectivity index (χ3n) is 3.41. The predicted octanol–water partition coefficient (Wildman–Crippen LogP) is 4.12. The summed E-state index contributed by atoms with van der Waals surface area (Å²) in [4.78, 5) is 17.4. The first-order valence-electron chi connectivity index (χ1n) is 7.21. The number of hydrogen-bond acceptors (Lipinski definition) is 4. The Bertz CT molecular complexity index is 944. The van der Waals surface area contributed by atoms with Crippen LogP contribution in [-0.2, 0) is 0 Å². The molecule has 0 aliphatic rings. The van der Waals surface area contributed by atoms with Gasteiger partial charge in [-0.15, -0.1) is 0 Å². The van der Waals surface area contributed by atoms with Crippen LogP contribution < -0.4 is 5.56 Å². The lowest BCUT2D eigenvalue weighted by atomic mass is 10.2. The first kappa shape index (κ1) is 17.0. The van der Waals surface area contributed by atoms with Gasteiger partial charge in [-0.2, -0.15) is 11.8 Å². The third kappa shape index (κ3) is 3.32. The zero-order chi connectivity index (χ0) is 17.1. The Morgan fingerprint density at radius 2 is 1.92 bits per heavy atom. The summed E-state index contributed by atoms with van der Waals surface area (Å²) < 4.78 is 28.7. The van der Waals surface area contributed by atoms with Gasteiger partial charge in [0.25, 0.3) is 5.56 Å². The Balaban J connectivity index is 2.24. The minimum atomic E-state index is -0.791. The smallest absolute Gasteiger partial charge is 0.266 e. The van der Waals surface area contributed by atoms with Crippen molar-refractivity contribution in [2.75, 3.05) is 17.8 Å². The lowest BCUT2D eigenvalue weighted by molar-refractivity contribution is 0.572. The highest BCUT2D eigenvalue weighted by molar-refractivity contribution is 8.02. The maximum atomic E-state index is 14.2. The number of para-hydroxylation sites is 1. The molecule has 0 fully saturated rings. The number of aromatic nitrogens is 2. The van der Waals surface area contributed by atoms with Crippen LogP contribution in [0.5, 0.6) is 0 Å². The molecule has 3 rings (SSSR count). The number of benzene rings is 2. The molecule has 0 amide bonds. The average Bonchev–Trinajstić information content (AvgIpc) is 2.57. The van der Waals surface area contributed by atoms with Crippen molar-refractivity contribution >= 4 is 34.4 Å². The zero-order valence-electron chi connectivity index (χ0n) is 12.8.